The molecule has 0 spiro atoms. The Morgan fingerprint density at radius 2 is 1.59 bits per heavy atom. The van der Waals surface area contributed by atoms with Gasteiger partial charge in [0.2, 0.25) is 10.0 Å². The maximum atomic E-state index is 14.7. The van der Waals surface area contributed by atoms with Crippen molar-refractivity contribution in [2.45, 2.75) is 41.4 Å². The fourth-order valence-corrected chi connectivity index (χ4v) is 7.01. The van der Waals surface area contributed by atoms with E-state index in [1.807, 2.05) is 0 Å². The number of sulfone groups is 1. The Balaban J connectivity index is 2.11. The molecular weight excluding hydrogens is 444 g/mol. The molecule has 2 aromatic carbocycles. The summed E-state index contributed by atoms with van der Waals surface area (Å²) >= 11 is 5.86. The molecule has 1 N–H and O–H groups in total. The first-order valence-corrected chi connectivity index (χ1v) is 12.6. The number of halogens is 3. The molecule has 0 unspecified atom stereocenters. The van der Waals surface area contributed by atoms with Crippen molar-refractivity contribution in [3.05, 3.63) is 64.7 Å². The van der Waals surface area contributed by atoms with Crippen molar-refractivity contribution in [3.8, 4) is 0 Å². The van der Waals surface area contributed by atoms with Crippen LogP contribution in [0.25, 0.3) is 0 Å². The second kappa shape index (κ2) is 7.94. The van der Waals surface area contributed by atoms with Crippen molar-refractivity contribution < 1.29 is 25.6 Å². The minimum atomic E-state index is -4.14. The molecule has 0 bridgehead atoms. The van der Waals surface area contributed by atoms with Crippen molar-refractivity contribution in [2.24, 2.45) is 0 Å². The van der Waals surface area contributed by atoms with Gasteiger partial charge in [0, 0.05) is 16.6 Å². The third-order valence-corrected chi connectivity index (χ3v) is 8.79. The molecule has 1 fully saturated rings. The lowest BCUT2D eigenvalue weighted by atomic mass is 9.80. The molecule has 2 aromatic rings. The van der Waals surface area contributed by atoms with Gasteiger partial charge in [-0.1, -0.05) is 11.6 Å². The summed E-state index contributed by atoms with van der Waals surface area (Å²) in [7, 11) is -7.62. The summed E-state index contributed by atoms with van der Waals surface area (Å²) in [4.78, 5) is -0.0555. The molecule has 29 heavy (non-hydrogen) atoms. The van der Waals surface area contributed by atoms with E-state index in [0.717, 1.165) is 24.5 Å². The topological polar surface area (TPSA) is 80.3 Å². The van der Waals surface area contributed by atoms with Gasteiger partial charge >= 0.3 is 0 Å². The van der Waals surface area contributed by atoms with Crippen molar-refractivity contribution in [3.63, 3.8) is 0 Å². The van der Waals surface area contributed by atoms with Crippen LogP contribution < -0.4 is 4.72 Å². The number of hydrogen-bond donors (Lipinski definition) is 1. The molecule has 0 heterocycles. The van der Waals surface area contributed by atoms with Crippen LogP contribution >= 0.6 is 11.6 Å². The number of nitrogens with one attached hydrogen (secondary N) is 1. The molecule has 0 saturated heterocycles. The van der Waals surface area contributed by atoms with Gasteiger partial charge in [-0.05, 0) is 68.1 Å². The maximum absolute atomic E-state index is 14.7. The highest BCUT2D eigenvalue weighted by Gasteiger charge is 2.50. The Kier molecular flexibility index (Phi) is 6.06. The SMILES string of the molecule is CS(=O)(=O)NC1CCC(c2cc(F)ccc2F)(S(=O)(=O)c2ccc(Cl)cc2)CC1. The number of sulfonamides is 1. The summed E-state index contributed by atoms with van der Waals surface area (Å²) in [5.74, 6) is -1.57. The monoisotopic (exact) mass is 463 g/mol. The molecule has 1 aliphatic rings. The Morgan fingerprint density at radius 3 is 2.14 bits per heavy atom. The fourth-order valence-electron chi connectivity index (χ4n) is 3.87. The fraction of sp³-hybridized carbons (Fsp3) is 0.368. The summed E-state index contributed by atoms with van der Waals surface area (Å²) in [6, 6.07) is 7.77. The first kappa shape index (κ1) is 22.1. The largest absolute Gasteiger partial charge is 0.223 e. The van der Waals surface area contributed by atoms with E-state index >= 15 is 0 Å². The number of rotatable bonds is 5. The molecular formula is C19H20ClF2NO4S2. The first-order valence-electron chi connectivity index (χ1n) is 8.88. The highest BCUT2D eigenvalue weighted by atomic mass is 35.5. The highest BCUT2D eigenvalue weighted by molar-refractivity contribution is 7.92. The second-order valence-electron chi connectivity index (χ2n) is 7.24. The summed E-state index contributed by atoms with van der Waals surface area (Å²) in [5.41, 5.74) is -0.245. The molecule has 0 atom stereocenters. The molecule has 3 rings (SSSR count). The van der Waals surface area contributed by atoms with Crippen LogP contribution in [0.2, 0.25) is 5.02 Å². The predicted molar refractivity (Wildman–Crippen MR) is 107 cm³/mol. The lowest BCUT2D eigenvalue weighted by molar-refractivity contribution is 0.324. The zero-order valence-corrected chi connectivity index (χ0v) is 17.9. The summed E-state index contributed by atoms with van der Waals surface area (Å²) in [6.07, 6.45) is 1.22. The molecule has 0 aromatic heterocycles. The van der Waals surface area contributed by atoms with Crippen LogP contribution in [0.3, 0.4) is 0 Å². The molecule has 158 valence electrons. The zero-order valence-electron chi connectivity index (χ0n) is 15.5. The molecule has 1 aliphatic carbocycles. The first-order chi connectivity index (χ1) is 13.4. The smallest absolute Gasteiger partial charge is 0.208 e. The third kappa shape index (κ3) is 4.47. The predicted octanol–water partition coefficient (Wildman–Crippen LogP) is 3.78. The van der Waals surface area contributed by atoms with E-state index in [9.17, 15) is 25.6 Å². The van der Waals surface area contributed by atoms with Crippen LogP contribution in [0.15, 0.2) is 47.4 Å². The van der Waals surface area contributed by atoms with Gasteiger partial charge in [-0.25, -0.2) is 30.3 Å². The van der Waals surface area contributed by atoms with Crippen LogP contribution in [0, 0.1) is 11.6 Å². The van der Waals surface area contributed by atoms with Gasteiger partial charge in [0.25, 0.3) is 0 Å². The van der Waals surface area contributed by atoms with Gasteiger partial charge in [0.1, 0.15) is 16.4 Å². The second-order valence-corrected chi connectivity index (χ2v) is 11.7. The van der Waals surface area contributed by atoms with Crippen LogP contribution in [0.4, 0.5) is 8.78 Å². The molecule has 0 radical (unpaired) electrons. The van der Waals surface area contributed by atoms with E-state index in [-0.39, 0.29) is 36.1 Å². The Morgan fingerprint density at radius 1 is 1.00 bits per heavy atom. The van der Waals surface area contributed by atoms with Gasteiger partial charge in [-0.3, -0.25) is 0 Å². The zero-order chi connectivity index (χ0) is 21.4. The standard InChI is InChI=1S/C19H20ClF2NO4S2/c1-28(24,25)23-15-8-10-19(11-9-15,17-12-14(21)4-7-18(17)22)29(26,27)16-5-2-13(20)3-6-16/h2-7,12,15,23H,8-11H2,1H3. The summed E-state index contributed by atoms with van der Waals surface area (Å²) < 4.78 is 79.7. The van der Waals surface area contributed by atoms with Crippen molar-refractivity contribution >= 4 is 31.5 Å². The minimum absolute atomic E-state index is 0.0555. The maximum Gasteiger partial charge on any atom is 0.208 e. The van der Waals surface area contributed by atoms with Gasteiger partial charge in [-0.2, -0.15) is 0 Å². The Labute approximate surface area is 174 Å². The van der Waals surface area contributed by atoms with Crippen molar-refractivity contribution in [2.75, 3.05) is 6.26 Å². The van der Waals surface area contributed by atoms with Crippen LogP contribution in [-0.4, -0.2) is 29.1 Å². The van der Waals surface area contributed by atoms with E-state index in [0.29, 0.717) is 5.02 Å². The van der Waals surface area contributed by atoms with E-state index in [4.69, 9.17) is 11.6 Å². The van der Waals surface area contributed by atoms with Gasteiger partial charge < -0.3 is 0 Å². The minimum Gasteiger partial charge on any atom is -0.223 e. The van der Waals surface area contributed by atoms with Gasteiger partial charge in [0.05, 0.1) is 11.2 Å². The van der Waals surface area contributed by atoms with Crippen LogP contribution in [-0.2, 0) is 24.6 Å². The highest BCUT2D eigenvalue weighted by Crippen LogP contribution is 2.48. The van der Waals surface area contributed by atoms with Crippen molar-refractivity contribution in [1.82, 2.24) is 4.72 Å². The average molecular weight is 464 g/mol. The van der Waals surface area contributed by atoms with Crippen LogP contribution in [0.1, 0.15) is 31.2 Å². The number of benzene rings is 2. The van der Waals surface area contributed by atoms with E-state index in [1.54, 1.807) is 0 Å². The lowest BCUT2D eigenvalue weighted by Gasteiger charge is -2.40. The summed E-state index contributed by atoms with van der Waals surface area (Å²) in [6.45, 7) is 0. The molecule has 5 nitrogen and oxygen atoms in total. The third-order valence-electron chi connectivity index (χ3n) is 5.23. The molecule has 0 aliphatic heterocycles. The van der Waals surface area contributed by atoms with Gasteiger partial charge in [0.15, 0.2) is 9.84 Å². The van der Waals surface area contributed by atoms with Crippen LogP contribution in [0.5, 0.6) is 0 Å². The Hall–Kier alpha value is -1.55. The van der Waals surface area contributed by atoms with Crippen molar-refractivity contribution in [1.29, 1.82) is 0 Å². The normalized spacial score (nSPS) is 23.1. The molecule has 1 saturated carbocycles. The van der Waals surface area contributed by atoms with E-state index in [1.165, 1.54) is 24.3 Å². The Bertz CT molecular complexity index is 1110. The van der Waals surface area contributed by atoms with E-state index in [2.05, 4.69) is 4.72 Å². The molecule has 10 heteroatoms. The quantitative estimate of drug-likeness (QED) is 0.731. The summed E-state index contributed by atoms with van der Waals surface area (Å²) in [5, 5.41) is 0.344. The lowest BCUT2D eigenvalue weighted by Crippen LogP contribution is -2.46. The average Bonchev–Trinajstić information content (AvgIpc) is 2.63. The van der Waals surface area contributed by atoms with Gasteiger partial charge in [-0.15, -0.1) is 0 Å². The van der Waals surface area contributed by atoms with E-state index < -0.39 is 42.3 Å². The molecule has 0 amide bonds. The number of hydrogen-bond acceptors (Lipinski definition) is 4.